The predicted octanol–water partition coefficient (Wildman–Crippen LogP) is 4.41. The highest BCUT2D eigenvalue weighted by atomic mass is 32.2. The molecule has 2 aromatic rings. The molecule has 1 N–H and O–H groups in total. The van der Waals surface area contributed by atoms with Crippen LogP contribution in [0, 0.1) is 0 Å². The van der Waals surface area contributed by atoms with E-state index in [0.717, 1.165) is 4.90 Å². The Morgan fingerprint density at radius 1 is 0.947 bits per heavy atom. The minimum Gasteiger partial charge on any atom is -0.387 e. The highest BCUT2D eigenvalue weighted by Crippen LogP contribution is 2.28. The zero-order chi connectivity index (χ0) is 13.8. The van der Waals surface area contributed by atoms with Gasteiger partial charge in [0.05, 0.1) is 11.8 Å². The molecule has 2 rings (SSSR count). The fourth-order valence-electron chi connectivity index (χ4n) is 1.76. The third-order valence-electron chi connectivity index (χ3n) is 2.97. The smallest absolute Gasteiger partial charge is 0.0931 e. The first-order valence-electron chi connectivity index (χ1n) is 6.48. The Labute approximate surface area is 118 Å². The molecule has 0 saturated carbocycles. The third kappa shape index (κ3) is 3.82. The van der Waals surface area contributed by atoms with E-state index < -0.39 is 6.10 Å². The van der Waals surface area contributed by atoms with Crippen molar-refractivity contribution in [3.05, 3.63) is 53.9 Å². The molecule has 1 unspecified atom stereocenters. The molecule has 0 aliphatic carbocycles. The second-order valence-electron chi connectivity index (χ2n) is 4.92. The SMILES string of the molecule is CC(C)c1ccc(Sc2ccc(C(C)O)nc2)cc1. The molecule has 0 amide bonds. The number of hydrogen-bond donors (Lipinski definition) is 1. The average Bonchev–Trinajstić information content (AvgIpc) is 2.40. The van der Waals surface area contributed by atoms with Crippen molar-refractivity contribution in [2.45, 2.75) is 42.6 Å². The summed E-state index contributed by atoms with van der Waals surface area (Å²) in [6.07, 6.45) is 1.30. The van der Waals surface area contributed by atoms with Crippen LogP contribution in [0.4, 0.5) is 0 Å². The number of rotatable bonds is 4. The Morgan fingerprint density at radius 2 is 1.58 bits per heavy atom. The van der Waals surface area contributed by atoms with Crippen molar-refractivity contribution in [2.24, 2.45) is 0 Å². The quantitative estimate of drug-likeness (QED) is 0.895. The largest absolute Gasteiger partial charge is 0.387 e. The number of aromatic nitrogens is 1. The summed E-state index contributed by atoms with van der Waals surface area (Å²) in [7, 11) is 0. The molecule has 0 aliphatic rings. The van der Waals surface area contributed by atoms with Crippen LogP contribution in [-0.2, 0) is 0 Å². The highest BCUT2D eigenvalue weighted by Gasteiger charge is 2.04. The topological polar surface area (TPSA) is 33.1 Å². The lowest BCUT2D eigenvalue weighted by Crippen LogP contribution is -1.94. The third-order valence-corrected chi connectivity index (χ3v) is 3.95. The Morgan fingerprint density at radius 3 is 2.05 bits per heavy atom. The molecule has 0 aliphatic heterocycles. The molecule has 0 fully saturated rings. The monoisotopic (exact) mass is 273 g/mol. The van der Waals surface area contributed by atoms with E-state index in [2.05, 4.69) is 43.1 Å². The van der Waals surface area contributed by atoms with Crippen molar-refractivity contribution in [2.75, 3.05) is 0 Å². The zero-order valence-corrected chi connectivity index (χ0v) is 12.3. The lowest BCUT2D eigenvalue weighted by Gasteiger charge is -2.07. The molecule has 1 heterocycles. The predicted molar refractivity (Wildman–Crippen MR) is 79.5 cm³/mol. The molecule has 3 heteroatoms. The fraction of sp³-hybridized carbons (Fsp3) is 0.312. The number of benzene rings is 1. The molecule has 0 bridgehead atoms. The van der Waals surface area contributed by atoms with Crippen molar-refractivity contribution in [3.8, 4) is 0 Å². The van der Waals surface area contributed by atoms with Crippen LogP contribution in [0.15, 0.2) is 52.4 Å². The molecule has 0 saturated heterocycles. The van der Waals surface area contributed by atoms with E-state index in [-0.39, 0.29) is 0 Å². The van der Waals surface area contributed by atoms with Crippen molar-refractivity contribution >= 4 is 11.8 Å². The van der Waals surface area contributed by atoms with Crippen molar-refractivity contribution in [3.63, 3.8) is 0 Å². The molecule has 1 atom stereocenters. The van der Waals surface area contributed by atoms with Gasteiger partial charge in [-0.15, -0.1) is 0 Å². The summed E-state index contributed by atoms with van der Waals surface area (Å²) in [5.41, 5.74) is 2.06. The van der Waals surface area contributed by atoms with Gasteiger partial charge >= 0.3 is 0 Å². The van der Waals surface area contributed by atoms with Gasteiger partial charge in [0.15, 0.2) is 0 Å². The van der Waals surface area contributed by atoms with Crippen LogP contribution in [0.1, 0.15) is 44.1 Å². The molecular weight excluding hydrogens is 254 g/mol. The summed E-state index contributed by atoms with van der Waals surface area (Å²) in [6.45, 7) is 6.11. The summed E-state index contributed by atoms with van der Waals surface area (Å²) >= 11 is 1.68. The second-order valence-corrected chi connectivity index (χ2v) is 6.07. The maximum absolute atomic E-state index is 9.42. The fourth-order valence-corrected chi connectivity index (χ4v) is 2.54. The number of aliphatic hydroxyl groups is 1. The molecule has 2 nitrogen and oxygen atoms in total. The van der Waals surface area contributed by atoms with Gasteiger partial charge < -0.3 is 5.11 Å². The average molecular weight is 273 g/mol. The first-order valence-corrected chi connectivity index (χ1v) is 7.29. The van der Waals surface area contributed by atoms with Crippen LogP contribution in [0.2, 0.25) is 0 Å². The Kier molecular flexibility index (Phi) is 4.61. The molecule has 0 spiro atoms. The molecule has 0 radical (unpaired) electrons. The van der Waals surface area contributed by atoms with Gasteiger partial charge in [-0.3, -0.25) is 4.98 Å². The summed E-state index contributed by atoms with van der Waals surface area (Å²) in [4.78, 5) is 6.54. The van der Waals surface area contributed by atoms with Gasteiger partial charge in [0.25, 0.3) is 0 Å². The highest BCUT2D eigenvalue weighted by molar-refractivity contribution is 7.99. The Bertz CT molecular complexity index is 468. The first-order chi connectivity index (χ1) is 9.06. The molecule has 100 valence electrons. The van der Waals surface area contributed by atoms with Crippen LogP contribution in [-0.4, -0.2) is 10.1 Å². The maximum Gasteiger partial charge on any atom is 0.0931 e. The van der Waals surface area contributed by atoms with Crippen LogP contribution in [0.25, 0.3) is 0 Å². The van der Waals surface area contributed by atoms with Crippen molar-refractivity contribution in [1.29, 1.82) is 0 Å². The van der Waals surface area contributed by atoms with Gasteiger partial charge in [0, 0.05) is 16.0 Å². The van der Waals surface area contributed by atoms with Gasteiger partial charge in [0.2, 0.25) is 0 Å². The minimum atomic E-state index is -0.510. The summed E-state index contributed by atoms with van der Waals surface area (Å²) in [6, 6.07) is 12.5. The van der Waals surface area contributed by atoms with Gasteiger partial charge in [0.1, 0.15) is 0 Å². The molecule has 1 aromatic carbocycles. The van der Waals surface area contributed by atoms with Crippen molar-refractivity contribution in [1.82, 2.24) is 4.98 Å². The van der Waals surface area contributed by atoms with E-state index in [1.807, 2.05) is 18.3 Å². The molecule has 1 aromatic heterocycles. The lowest BCUT2D eigenvalue weighted by molar-refractivity contribution is 0.194. The Balaban J connectivity index is 2.08. The molecular formula is C16H19NOS. The van der Waals surface area contributed by atoms with Crippen LogP contribution in [0.5, 0.6) is 0 Å². The van der Waals surface area contributed by atoms with E-state index in [0.29, 0.717) is 11.6 Å². The van der Waals surface area contributed by atoms with Gasteiger partial charge in [-0.2, -0.15) is 0 Å². The first kappa shape index (κ1) is 14.1. The number of nitrogens with zero attached hydrogens (tertiary/aromatic N) is 1. The van der Waals surface area contributed by atoms with Crippen LogP contribution >= 0.6 is 11.8 Å². The van der Waals surface area contributed by atoms with E-state index in [1.165, 1.54) is 10.5 Å². The van der Waals surface area contributed by atoms with E-state index in [9.17, 15) is 5.11 Å². The Hall–Kier alpha value is -1.32. The number of aliphatic hydroxyl groups excluding tert-OH is 1. The van der Waals surface area contributed by atoms with E-state index in [4.69, 9.17) is 0 Å². The van der Waals surface area contributed by atoms with Crippen LogP contribution < -0.4 is 0 Å². The summed E-state index contributed by atoms with van der Waals surface area (Å²) in [5, 5.41) is 9.42. The van der Waals surface area contributed by atoms with Gasteiger partial charge in [-0.1, -0.05) is 37.7 Å². The standard InChI is InChI=1S/C16H19NOS/c1-11(2)13-4-6-14(7-5-13)19-15-8-9-16(12(3)18)17-10-15/h4-12,18H,1-3H3. The number of pyridine rings is 1. The minimum absolute atomic E-state index is 0.510. The van der Waals surface area contributed by atoms with Crippen molar-refractivity contribution < 1.29 is 5.11 Å². The molecule has 19 heavy (non-hydrogen) atoms. The van der Waals surface area contributed by atoms with Crippen LogP contribution in [0.3, 0.4) is 0 Å². The summed E-state index contributed by atoms with van der Waals surface area (Å²) < 4.78 is 0. The lowest BCUT2D eigenvalue weighted by atomic mass is 10.0. The van der Waals surface area contributed by atoms with E-state index in [1.54, 1.807) is 18.7 Å². The maximum atomic E-state index is 9.42. The normalized spacial score (nSPS) is 12.7. The zero-order valence-electron chi connectivity index (χ0n) is 11.5. The second kappa shape index (κ2) is 6.22. The van der Waals surface area contributed by atoms with Gasteiger partial charge in [-0.05, 0) is 42.7 Å². The summed E-state index contributed by atoms with van der Waals surface area (Å²) in [5.74, 6) is 0.561. The number of hydrogen-bond acceptors (Lipinski definition) is 3. The van der Waals surface area contributed by atoms with E-state index >= 15 is 0 Å². The van der Waals surface area contributed by atoms with Gasteiger partial charge in [-0.25, -0.2) is 0 Å².